The second-order valence-electron chi connectivity index (χ2n) is 2.24. The molecule has 13 heavy (non-hydrogen) atoms. The molecule has 4 nitrogen and oxygen atoms in total. The Morgan fingerprint density at radius 3 is 2.46 bits per heavy atom. The maximum absolute atomic E-state index is 11.7. The van der Waals surface area contributed by atoms with Crippen LogP contribution in [-0.4, -0.2) is 36.1 Å². The number of halogens is 3. The lowest BCUT2D eigenvalue weighted by atomic mass is 10.2. The molecule has 76 valence electrons. The molecule has 0 bridgehead atoms. The highest BCUT2D eigenvalue weighted by Crippen LogP contribution is 2.22. The molecule has 0 saturated heterocycles. The van der Waals surface area contributed by atoms with Crippen LogP contribution in [0.1, 0.15) is 6.42 Å². The maximum Gasteiger partial charge on any atom is 0.391 e. The first kappa shape index (κ1) is 11.9. The van der Waals surface area contributed by atoms with Crippen LogP contribution in [0, 0.1) is 0 Å². The van der Waals surface area contributed by atoms with Crippen LogP contribution in [0.5, 0.6) is 0 Å². The molecule has 0 aromatic carbocycles. The minimum atomic E-state index is -4.53. The number of rotatable bonds is 4. The van der Waals surface area contributed by atoms with Gasteiger partial charge in [0.15, 0.2) is 6.04 Å². The number of alkyl halides is 3. The van der Waals surface area contributed by atoms with Gasteiger partial charge in [-0.05, 0) is 0 Å². The molecule has 1 atom stereocenters. The van der Waals surface area contributed by atoms with Crippen LogP contribution in [0.25, 0.3) is 0 Å². The fourth-order valence-corrected chi connectivity index (χ4v) is 0.611. The van der Waals surface area contributed by atoms with Crippen LogP contribution in [0.2, 0.25) is 0 Å². The lowest BCUT2D eigenvalue weighted by Gasteiger charge is -2.09. The maximum atomic E-state index is 11.7. The van der Waals surface area contributed by atoms with Crippen LogP contribution in [-0.2, 0) is 4.79 Å². The summed E-state index contributed by atoms with van der Waals surface area (Å²) in [5.74, 6) is -1.61. The van der Waals surface area contributed by atoms with E-state index < -0.39 is 24.6 Å². The number of hydrogen-bond donors (Lipinski definition) is 2. The molecule has 0 spiro atoms. The molecule has 0 fully saturated rings. The van der Waals surface area contributed by atoms with Crippen LogP contribution in [0.15, 0.2) is 4.99 Å². The quantitative estimate of drug-likeness (QED) is 0.643. The van der Waals surface area contributed by atoms with Crippen LogP contribution in [0.4, 0.5) is 13.2 Å². The summed E-state index contributed by atoms with van der Waals surface area (Å²) in [5.41, 5.74) is 4.92. The summed E-state index contributed by atoms with van der Waals surface area (Å²) in [6.45, 7) is -0.0817. The molecule has 0 aliphatic carbocycles. The highest BCUT2D eigenvalue weighted by molar-refractivity contribution is 5.76. The first-order valence-corrected chi connectivity index (χ1v) is 3.38. The molecule has 0 heterocycles. The van der Waals surface area contributed by atoms with Gasteiger partial charge in [-0.25, -0.2) is 4.79 Å². The van der Waals surface area contributed by atoms with Crippen molar-refractivity contribution in [3.8, 4) is 0 Å². The van der Waals surface area contributed by atoms with Crippen LogP contribution >= 0.6 is 0 Å². The van der Waals surface area contributed by atoms with Crippen molar-refractivity contribution in [3.63, 3.8) is 0 Å². The zero-order valence-corrected chi connectivity index (χ0v) is 6.58. The molecule has 0 aliphatic heterocycles. The second kappa shape index (κ2) is 4.80. The monoisotopic (exact) mass is 198 g/mol. The Labute approximate surface area is 72.3 Å². The molecule has 0 radical (unpaired) electrons. The number of carboxylic acid groups (broad SMARTS) is 1. The van der Waals surface area contributed by atoms with E-state index in [4.69, 9.17) is 10.8 Å². The first-order chi connectivity index (χ1) is 5.87. The Balaban J connectivity index is 4.27. The third kappa shape index (κ3) is 6.09. The smallest absolute Gasteiger partial charge is 0.391 e. The van der Waals surface area contributed by atoms with Crippen molar-refractivity contribution in [1.82, 2.24) is 0 Å². The van der Waals surface area contributed by atoms with Crippen molar-refractivity contribution in [2.24, 2.45) is 10.7 Å². The largest absolute Gasteiger partial charge is 0.480 e. The highest BCUT2D eigenvalue weighted by atomic mass is 19.4. The average molecular weight is 198 g/mol. The van der Waals surface area contributed by atoms with Gasteiger partial charge in [0.25, 0.3) is 0 Å². The molecule has 3 N–H and O–H groups in total. The van der Waals surface area contributed by atoms with E-state index in [1.54, 1.807) is 0 Å². The lowest BCUT2D eigenvalue weighted by molar-refractivity contribution is -0.156. The molecule has 0 aliphatic rings. The number of hydrogen-bond acceptors (Lipinski definition) is 3. The molecule has 1 unspecified atom stereocenters. The SMILES string of the molecule is NC/C=N\C(CC(F)(F)F)C(=O)O. The van der Waals surface area contributed by atoms with Gasteiger partial charge in [-0.15, -0.1) is 0 Å². The van der Waals surface area contributed by atoms with E-state index in [1.807, 2.05) is 0 Å². The Kier molecular flexibility index (Phi) is 4.39. The van der Waals surface area contributed by atoms with Gasteiger partial charge in [0, 0.05) is 12.8 Å². The average Bonchev–Trinajstić information content (AvgIpc) is 1.95. The minimum Gasteiger partial charge on any atom is -0.480 e. The number of carbonyl (C=O) groups is 1. The van der Waals surface area contributed by atoms with E-state index in [2.05, 4.69) is 4.99 Å². The van der Waals surface area contributed by atoms with Crippen molar-refractivity contribution < 1.29 is 23.1 Å². The van der Waals surface area contributed by atoms with E-state index in [0.29, 0.717) is 0 Å². The zero-order chi connectivity index (χ0) is 10.5. The van der Waals surface area contributed by atoms with Gasteiger partial charge in [0.1, 0.15) is 0 Å². The zero-order valence-electron chi connectivity index (χ0n) is 6.58. The summed E-state index contributed by atoms with van der Waals surface area (Å²) < 4.78 is 35.2. The predicted molar refractivity (Wildman–Crippen MR) is 39.6 cm³/mol. The van der Waals surface area contributed by atoms with Gasteiger partial charge in [-0.2, -0.15) is 13.2 Å². The second-order valence-corrected chi connectivity index (χ2v) is 2.24. The number of nitrogens with zero attached hydrogens (tertiary/aromatic N) is 1. The number of carboxylic acids is 1. The minimum absolute atomic E-state index is 0.0817. The van der Waals surface area contributed by atoms with Crippen molar-refractivity contribution in [2.45, 2.75) is 18.6 Å². The van der Waals surface area contributed by atoms with Gasteiger partial charge >= 0.3 is 12.1 Å². The lowest BCUT2D eigenvalue weighted by Crippen LogP contribution is -2.26. The highest BCUT2D eigenvalue weighted by Gasteiger charge is 2.34. The third-order valence-electron chi connectivity index (χ3n) is 1.10. The summed E-state index contributed by atoms with van der Waals surface area (Å²) in [6, 6.07) is -1.79. The van der Waals surface area contributed by atoms with Crippen LogP contribution in [0.3, 0.4) is 0 Å². The van der Waals surface area contributed by atoms with E-state index in [-0.39, 0.29) is 6.54 Å². The first-order valence-electron chi connectivity index (χ1n) is 3.38. The van der Waals surface area contributed by atoms with Gasteiger partial charge < -0.3 is 10.8 Å². The number of aliphatic imine (C=N–C) groups is 1. The summed E-state index contributed by atoms with van der Waals surface area (Å²) in [4.78, 5) is 13.4. The molecular formula is C6H9F3N2O2. The Morgan fingerprint density at radius 2 is 2.15 bits per heavy atom. The molecule has 0 amide bonds. The molecule has 7 heteroatoms. The van der Waals surface area contributed by atoms with Crippen molar-refractivity contribution in [3.05, 3.63) is 0 Å². The van der Waals surface area contributed by atoms with Gasteiger partial charge in [0.2, 0.25) is 0 Å². The fraction of sp³-hybridized carbons (Fsp3) is 0.667. The number of aliphatic carboxylic acids is 1. The molecule has 0 aromatic heterocycles. The van der Waals surface area contributed by atoms with E-state index in [9.17, 15) is 18.0 Å². The summed E-state index contributed by atoms with van der Waals surface area (Å²) in [7, 11) is 0. The predicted octanol–water partition coefficient (Wildman–Crippen LogP) is 0.421. The van der Waals surface area contributed by atoms with Crippen molar-refractivity contribution in [2.75, 3.05) is 6.54 Å². The van der Waals surface area contributed by atoms with Crippen molar-refractivity contribution >= 4 is 12.2 Å². The molecule has 0 rings (SSSR count). The third-order valence-corrected chi connectivity index (χ3v) is 1.10. The summed E-state index contributed by atoms with van der Waals surface area (Å²) in [5, 5.41) is 8.31. The van der Waals surface area contributed by atoms with Gasteiger partial charge in [0.05, 0.1) is 6.42 Å². The summed E-state index contributed by atoms with van der Waals surface area (Å²) in [6.07, 6.45) is -5.06. The van der Waals surface area contributed by atoms with E-state index >= 15 is 0 Å². The standard InChI is InChI=1S/C6H9F3N2O2/c7-6(8,9)3-4(5(12)13)11-2-1-10/h2,4H,1,3,10H2,(H,12,13)/b11-2-. The molecule has 0 aromatic rings. The normalized spacial score (nSPS) is 14.8. The molecule has 0 saturated carbocycles. The van der Waals surface area contributed by atoms with Crippen LogP contribution < -0.4 is 5.73 Å². The Morgan fingerprint density at radius 1 is 1.62 bits per heavy atom. The summed E-state index contributed by atoms with van der Waals surface area (Å²) >= 11 is 0. The topological polar surface area (TPSA) is 75.7 Å². The van der Waals surface area contributed by atoms with E-state index in [0.717, 1.165) is 6.21 Å². The fourth-order valence-electron chi connectivity index (χ4n) is 0.611. The molecular weight excluding hydrogens is 189 g/mol. The number of nitrogens with two attached hydrogens (primary N) is 1. The Bertz CT molecular complexity index is 203. The van der Waals surface area contributed by atoms with Crippen molar-refractivity contribution in [1.29, 1.82) is 0 Å². The van der Waals surface area contributed by atoms with Gasteiger partial charge in [-0.1, -0.05) is 0 Å². The Hall–Kier alpha value is -1.11. The van der Waals surface area contributed by atoms with E-state index in [1.165, 1.54) is 0 Å². The van der Waals surface area contributed by atoms with Gasteiger partial charge in [-0.3, -0.25) is 4.99 Å².